The summed E-state index contributed by atoms with van der Waals surface area (Å²) < 4.78 is 86.7. The van der Waals surface area contributed by atoms with E-state index in [-0.39, 0.29) is 5.82 Å². The first kappa shape index (κ1) is 22.9. The maximum absolute atomic E-state index is 14.8. The van der Waals surface area contributed by atoms with Crippen LogP contribution in [0.5, 0.6) is 5.75 Å². The molecule has 0 bridgehead atoms. The minimum Gasteiger partial charge on any atom is -0.483 e. The fourth-order valence-electron chi connectivity index (χ4n) is 2.65. The first-order chi connectivity index (χ1) is 14.9. The molecule has 0 aliphatic heterocycles. The number of amides is 1. The van der Waals surface area contributed by atoms with E-state index in [1.807, 2.05) is 5.32 Å². The summed E-state index contributed by atoms with van der Waals surface area (Å²) in [6.07, 6.45) is -4.82. The molecule has 0 aliphatic carbocycles. The van der Waals surface area contributed by atoms with Crippen molar-refractivity contribution in [2.24, 2.45) is 7.05 Å². The number of aromatic nitrogens is 3. The van der Waals surface area contributed by atoms with E-state index in [1.165, 1.54) is 14.0 Å². The van der Waals surface area contributed by atoms with Crippen LogP contribution in [0.25, 0.3) is 5.69 Å². The van der Waals surface area contributed by atoms with E-state index in [2.05, 4.69) is 9.84 Å². The van der Waals surface area contributed by atoms with Gasteiger partial charge in [-0.15, -0.1) is 0 Å². The molecule has 0 atom stereocenters. The van der Waals surface area contributed by atoms with Gasteiger partial charge < -0.3 is 10.1 Å². The molecule has 1 N–H and O–H groups in total. The van der Waals surface area contributed by atoms with E-state index in [4.69, 9.17) is 0 Å². The Morgan fingerprint density at radius 1 is 1.12 bits per heavy atom. The van der Waals surface area contributed by atoms with E-state index >= 15 is 0 Å². The molecule has 0 spiro atoms. The van der Waals surface area contributed by atoms with Crippen LogP contribution in [0.2, 0.25) is 0 Å². The van der Waals surface area contributed by atoms with Crippen molar-refractivity contribution in [1.82, 2.24) is 14.3 Å². The summed E-state index contributed by atoms with van der Waals surface area (Å²) in [7, 11) is 1.34. The molecule has 0 saturated carbocycles. The van der Waals surface area contributed by atoms with E-state index in [1.54, 1.807) is 0 Å². The highest BCUT2D eigenvalue weighted by atomic mass is 19.4. The lowest BCUT2D eigenvalue weighted by Crippen LogP contribution is -2.24. The fraction of sp³-hybridized carbons (Fsp3) is 0.211. The maximum atomic E-state index is 14.8. The van der Waals surface area contributed by atoms with E-state index in [9.17, 15) is 35.9 Å². The Labute approximate surface area is 175 Å². The van der Waals surface area contributed by atoms with E-state index < -0.39 is 64.5 Å². The molecule has 0 saturated heterocycles. The average Bonchev–Trinajstić information content (AvgIpc) is 2.96. The highest BCUT2D eigenvalue weighted by Gasteiger charge is 2.30. The number of carbonyl (C=O) groups excluding carboxylic acids is 1. The SMILES string of the molecule is Cc1nn(-c2cc(OCC(F)(F)F)c(C(=O)Nc3c(F)cccc3F)cc2F)c(=O)n1C. The number of carbonyl (C=O) groups is 1. The molecule has 7 nitrogen and oxygen atoms in total. The van der Waals surface area contributed by atoms with Crippen molar-refractivity contribution in [1.29, 1.82) is 0 Å². The van der Waals surface area contributed by atoms with Gasteiger partial charge in [0.15, 0.2) is 6.61 Å². The Bertz CT molecular complexity index is 1230. The Kier molecular flexibility index (Phi) is 6.01. The van der Waals surface area contributed by atoms with Crippen LogP contribution in [0, 0.1) is 24.4 Å². The highest BCUT2D eigenvalue weighted by Crippen LogP contribution is 2.29. The number of aryl methyl sites for hydroxylation is 1. The van der Waals surface area contributed by atoms with Crippen molar-refractivity contribution in [2.45, 2.75) is 13.1 Å². The summed E-state index contributed by atoms with van der Waals surface area (Å²) in [6.45, 7) is -0.426. The highest BCUT2D eigenvalue weighted by molar-refractivity contribution is 6.06. The molecule has 0 radical (unpaired) electrons. The Hall–Kier alpha value is -3.77. The lowest BCUT2D eigenvalue weighted by atomic mass is 10.1. The number of anilines is 1. The average molecular weight is 460 g/mol. The molecule has 0 unspecified atom stereocenters. The number of ether oxygens (including phenoxy) is 1. The van der Waals surface area contributed by atoms with Gasteiger partial charge in [0.2, 0.25) is 0 Å². The lowest BCUT2D eigenvalue weighted by Gasteiger charge is -2.15. The minimum absolute atomic E-state index is 0.170. The summed E-state index contributed by atoms with van der Waals surface area (Å²) >= 11 is 0. The van der Waals surface area contributed by atoms with E-state index in [0.717, 1.165) is 22.8 Å². The number of nitrogens with one attached hydrogen (secondary N) is 1. The number of alkyl halides is 3. The summed E-state index contributed by atoms with van der Waals surface area (Å²) in [4.78, 5) is 24.7. The quantitative estimate of drug-likeness (QED) is 0.592. The van der Waals surface area contributed by atoms with Gasteiger partial charge in [0.25, 0.3) is 5.91 Å². The summed E-state index contributed by atoms with van der Waals surface area (Å²) in [5, 5.41) is 5.64. The summed E-state index contributed by atoms with van der Waals surface area (Å²) in [5.41, 5.74) is -3.09. The number of hydrogen-bond acceptors (Lipinski definition) is 4. The third-order valence-corrected chi connectivity index (χ3v) is 4.31. The van der Waals surface area contributed by atoms with E-state index in [0.29, 0.717) is 16.8 Å². The molecule has 1 amide bonds. The van der Waals surface area contributed by atoms with Gasteiger partial charge in [-0.1, -0.05) is 6.07 Å². The number of benzene rings is 2. The molecule has 2 aromatic carbocycles. The molecule has 32 heavy (non-hydrogen) atoms. The van der Waals surface area contributed by atoms with Crippen LogP contribution in [0.4, 0.5) is 32.0 Å². The van der Waals surface area contributed by atoms with Gasteiger partial charge in [-0.3, -0.25) is 9.36 Å². The number of halogens is 6. The number of rotatable bonds is 5. The van der Waals surface area contributed by atoms with Crippen LogP contribution in [0.3, 0.4) is 0 Å². The Morgan fingerprint density at radius 2 is 1.75 bits per heavy atom. The van der Waals surface area contributed by atoms with Crippen molar-refractivity contribution in [2.75, 3.05) is 11.9 Å². The zero-order valence-corrected chi connectivity index (χ0v) is 16.4. The minimum atomic E-state index is -4.82. The molecule has 0 aliphatic rings. The first-order valence-corrected chi connectivity index (χ1v) is 8.80. The predicted molar refractivity (Wildman–Crippen MR) is 99.4 cm³/mol. The molecule has 0 fully saturated rings. The van der Waals surface area contributed by atoms with Crippen LogP contribution in [0.15, 0.2) is 35.1 Å². The van der Waals surface area contributed by atoms with Gasteiger partial charge in [0.05, 0.1) is 5.56 Å². The maximum Gasteiger partial charge on any atom is 0.422 e. The van der Waals surface area contributed by atoms with Crippen molar-refractivity contribution < 1.29 is 35.9 Å². The van der Waals surface area contributed by atoms with Crippen molar-refractivity contribution in [3.63, 3.8) is 0 Å². The first-order valence-electron chi connectivity index (χ1n) is 8.80. The smallest absolute Gasteiger partial charge is 0.422 e. The van der Waals surface area contributed by atoms with Gasteiger partial charge in [0, 0.05) is 13.1 Å². The van der Waals surface area contributed by atoms with Gasteiger partial charge in [-0.05, 0) is 25.1 Å². The topological polar surface area (TPSA) is 78.2 Å². The zero-order chi connectivity index (χ0) is 23.8. The third-order valence-electron chi connectivity index (χ3n) is 4.31. The van der Waals surface area contributed by atoms with Gasteiger partial charge in [-0.25, -0.2) is 18.0 Å². The Balaban J connectivity index is 2.10. The molecule has 1 aromatic heterocycles. The largest absolute Gasteiger partial charge is 0.483 e. The van der Waals surface area contributed by atoms with Crippen LogP contribution in [0.1, 0.15) is 16.2 Å². The van der Waals surface area contributed by atoms with Crippen LogP contribution in [-0.4, -0.2) is 33.0 Å². The molecule has 3 aromatic rings. The number of nitrogens with zero attached hydrogens (tertiary/aromatic N) is 3. The molecule has 3 rings (SSSR count). The predicted octanol–water partition coefficient (Wildman–Crippen LogP) is 3.49. The van der Waals surface area contributed by atoms with Crippen molar-refractivity contribution in [3.05, 3.63) is 69.7 Å². The number of hydrogen-bond donors (Lipinski definition) is 1. The normalized spacial score (nSPS) is 11.5. The van der Waals surface area contributed by atoms with Gasteiger partial charge in [0.1, 0.15) is 40.4 Å². The monoisotopic (exact) mass is 460 g/mol. The molecule has 1 heterocycles. The second-order valence-electron chi connectivity index (χ2n) is 6.56. The van der Waals surface area contributed by atoms with Gasteiger partial charge >= 0.3 is 11.9 Å². The van der Waals surface area contributed by atoms with Crippen molar-refractivity contribution in [3.8, 4) is 11.4 Å². The van der Waals surface area contributed by atoms with Crippen LogP contribution >= 0.6 is 0 Å². The second kappa shape index (κ2) is 8.40. The van der Waals surface area contributed by atoms with Crippen LogP contribution < -0.4 is 15.7 Å². The summed E-state index contributed by atoms with van der Waals surface area (Å²) in [6, 6.07) is 3.84. The lowest BCUT2D eigenvalue weighted by molar-refractivity contribution is -0.153. The van der Waals surface area contributed by atoms with Gasteiger partial charge in [-0.2, -0.15) is 23.0 Å². The second-order valence-corrected chi connectivity index (χ2v) is 6.56. The molecule has 170 valence electrons. The molecule has 13 heteroatoms. The number of para-hydroxylation sites is 1. The van der Waals surface area contributed by atoms with Crippen LogP contribution in [-0.2, 0) is 7.05 Å². The van der Waals surface area contributed by atoms with Crippen molar-refractivity contribution >= 4 is 11.6 Å². The summed E-state index contributed by atoms with van der Waals surface area (Å²) in [5.74, 6) is -5.51. The standard InChI is InChI=1S/C19H14F6N4O3/c1-9-27-29(18(31)28(9)2)14-7-15(32-8-19(23,24)25)10(6-13(14)22)17(30)26-16-11(20)4-3-5-12(16)21/h3-7H,8H2,1-2H3,(H,26,30). The molecular weight excluding hydrogens is 446 g/mol. The third kappa shape index (κ3) is 4.60. The Morgan fingerprint density at radius 3 is 2.28 bits per heavy atom. The zero-order valence-electron chi connectivity index (χ0n) is 16.4. The fourth-order valence-corrected chi connectivity index (χ4v) is 2.65. The molecular formula is C19H14F6N4O3.